The fourth-order valence-corrected chi connectivity index (χ4v) is 1.44. The predicted octanol–water partition coefficient (Wildman–Crippen LogP) is 1.25. The zero-order valence-electron chi connectivity index (χ0n) is 9.17. The maximum Gasteiger partial charge on any atom is 0.251 e. The highest BCUT2D eigenvalue weighted by Crippen LogP contribution is 1.99. The molecular formula is C13H12N2O2. The second-order valence-corrected chi connectivity index (χ2v) is 3.61. The molecule has 0 spiro atoms. The molecule has 0 fully saturated rings. The fourth-order valence-electron chi connectivity index (χ4n) is 1.44. The molecule has 0 saturated carbocycles. The van der Waals surface area contributed by atoms with E-state index >= 15 is 0 Å². The Morgan fingerprint density at radius 2 is 1.76 bits per heavy atom. The minimum atomic E-state index is -0.121. The zero-order chi connectivity index (χ0) is 12.1. The van der Waals surface area contributed by atoms with Crippen LogP contribution in [0.2, 0.25) is 0 Å². The lowest BCUT2D eigenvalue weighted by Gasteiger charge is -2.04. The van der Waals surface area contributed by atoms with Crippen molar-refractivity contribution in [3.05, 3.63) is 71.2 Å². The van der Waals surface area contributed by atoms with Crippen LogP contribution in [0.4, 0.5) is 0 Å². The normalized spacial score (nSPS) is 9.88. The van der Waals surface area contributed by atoms with Crippen molar-refractivity contribution in [2.75, 3.05) is 0 Å². The van der Waals surface area contributed by atoms with Crippen LogP contribution in [0.15, 0.2) is 54.9 Å². The average molecular weight is 228 g/mol. The van der Waals surface area contributed by atoms with E-state index in [1.165, 1.54) is 12.4 Å². The van der Waals surface area contributed by atoms with Crippen LogP contribution in [-0.2, 0) is 6.54 Å². The van der Waals surface area contributed by atoms with Crippen LogP contribution in [0.1, 0.15) is 15.9 Å². The minimum absolute atomic E-state index is 0.121. The predicted molar refractivity (Wildman–Crippen MR) is 63.0 cm³/mol. The zero-order valence-corrected chi connectivity index (χ0v) is 9.17. The third kappa shape index (κ3) is 3.04. The van der Waals surface area contributed by atoms with Gasteiger partial charge in [-0.1, -0.05) is 18.2 Å². The quantitative estimate of drug-likeness (QED) is 0.635. The molecular weight excluding hydrogens is 216 g/mol. The van der Waals surface area contributed by atoms with E-state index in [4.69, 9.17) is 0 Å². The molecule has 2 aromatic rings. The lowest BCUT2D eigenvalue weighted by molar-refractivity contribution is -0.605. The molecule has 0 aliphatic rings. The summed E-state index contributed by atoms with van der Waals surface area (Å²) in [6, 6.07) is 12.4. The first-order valence-corrected chi connectivity index (χ1v) is 5.26. The van der Waals surface area contributed by atoms with E-state index < -0.39 is 0 Å². The maximum atomic E-state index is 11.7. The Labute approximate surface area is 99.1 Å². The number of nitrogens with zero attached hydrogens (tertiary/aromatic N) is 1. The number of nitrogens with one attached hydrogen (secondary N) is 1. The number of carbonyl (C=O) groups is 1. The molecule has 0 bridgehead atoms. The molecule has 0 aliphatic heterocycles. The number of amides is 1. The highest BCUT2D eigenvalue weighted by molar-refractivity contribution is 5.94. The largest absolute Gasteiger partial charge is 0.619 e. The van der Waals surface area contributed by atoms with Gasteiger partial charge in [0.2, 0.25) is 0 Å². The molecule has 1 N–H and O–H groups in total. The summed E-state index contributed by atoms with van der Waals surface area (Å²) in [7, 11) is 0. The molecule has 17 heavy (non-hydrogen) atoms. The standard InChI is InChI=1S/C13H12N2O2/c16-13(12-4-2-1-3-5-12)14-10-11-6-8-15(17)9-7-11/h1-9H,10H2,(H,14,16). The van der Waals surface area contributed by atoms with Gasteiger partial charge in [-0.3, -0.25) is 4.79 Å². The number of aromatic nitrogens is 1. The molecule has 86 valence electrons. The topological polar surface area (TPSA) is 56.0 Å². The van der Waals surface area contributed by atoms with Crippen LogP contribution in [0, 0.1) is 5.21 Å². The second-order valence-electron chi connectivity index (χ2n) is 3.61. The Bertz CT molecular complexity index is 495. The molecule has 1 heterocycles. The highest BCUT2D eigenvalue weighted by atomic mass is 16.5. The highest BCUT2D eigenvalue weighted by Gasteiger charge is 2.03. The molecule has 0 aliphatic carbocycles. The molecule has 1 aromatic carbocycles. The number of benzene rings is 1. The van der Waals surface area contributed by atoms with Crippen LogP contribution in [0.5, 0.6) is 0 Å². The molecule has 0 unspecified atom stereocenters. The van der Waals surface area contributed by atoms with E-state index in [1.54, 1.807) is 24.3 Å². The van der Waals surface area contributed by atoms with E-state index in [0.29, 0.717) is 16.8 Å². The van der Waals surface area contributed by atoms with Crippen molar-refractivity contribution in [2.24, 2.45) is 0 Å². The van der Waals surface area contributed by atoms with Crippen molar-refractivity contribution in [1.82, 2.24) is 5.32 Å². The lowest BCUT2D eigenvalue weighted by Crippen LogP contribution is -2.26. The van der Waals surface area contributed by atoms with Gasteiger partial charge in [0.15, 0.2) is 12.4 Å². The van der Waals surface area contributed by atoms with Gasteiger partial charge < -0.3 is 10.5 Å². The first-order chi connectivity index (χ1) is 8.25. The monoisotopic (exact) mass is 228 g/mol. The summed E-state index contributed by atoms with van der Waals surface area (Å²) in [6.45, 7) is 0.411. The summed E-state index contributed by atoms with van der Waals surface area (Å²) in [5, 5.41) is 13.6. The van der Waals surface area contributed by atoms with Gasteiger partial charge in [0.25, 0.3) is 5.91 Å². The van der Waals surface area contributed by atoms with Gasteiger partial charge in [-0.2, -0.15) is 4.73 Å². The van der Waals surface area contributed by atoms with Crippen LogP contribution in [0.3, 0.4) is 0 Å². The van der Waals surface area contributed by atoms with Gasteiger partial charge in [0.1, 0.15) is 0 Å². The Morgan fingerprint density at radius 3 is 2.41 bits per heavy atom. The van der Waals surface area contributed by atoms with Crippen molar-refractivity contribution in [2.45, 2.75) is 6.54 Å². The third-order valence-electron chi connectivity index (χ3n) is 2.36. The van der Waals surface area contributed by atoms with Crippen molar-refractivity contribution in [1.29, 1.82) is 0 Å². The van der Waals surface area contributed by atoms with Crippen molar-refractivity contribution < 1.29 is 9.52 Å². The number of rotatable bonds is 3. The Morgan fingerprint density at radius 1 is 1.12 bits per heavy atom. The van der Waals surface area contributed by atoms with Crippen LogP contribution >= 0.6 is 0 Å². The maximum absolute atomic E-state index is 11.7. The molecule has 2 rings (SSSR count). The summed E-state index contributed by atoms with van der Waals surface area (Å²) in [5.41, 5.74) is 1.52. The van der Waals surface area contributed by atoms with Crippen molar-refractivity contribution >= 4 is 5.91 Å². The van der Waals surface area contributed by atoms with E-state index in [9.17, 15) is 10.0 Å². The Balaban J connectivity index is 1.95. The van der Waals surface area contributed by atoms with E-state index in [2.05, 4.69) is 5.32 Å². The van der Waals surface area contributed by atoms with Crippen molar-refractivity contribution in [3.63, 3.8) is 0 Å². The van der Waals surface area contributed by atoms with Crippen LogP contribution in [-0.4, -0.2) is 5.91 Å². The van der Waals surface area contributed by atoms with Gasteiger partial charge in [-0.15, -0.1) is 0 Å². The molecule has 0 radical (unpaired) electrons. The summed E-state index contributed by atoms with van der Waals surface area (Å²) < 4.78 is 0.711. The minimum Gasteiger partial charge on any atom is -0.619 e. The van der Waals surface area contributed by atoms with E-state index in [0.717, 1.165) is 5.56 Å². The van der Waals surface area contributed by atoms with Crippen molar-refractivity contribution in [3.8, 4) is 0 Å². The SMILES string of the molecule is O=C(NCc1cc[n+]([O-])cc1)c1ccccc1. The Kier molecular flexibility index (Phi) is 3.35. The molecule has 0 saturated heterocycles. The molecule has 1 amide bonds. The number of hydrogen-bond donors (Lipinski definition) is 1. The Hall–Kier alpha value is -2.36. The van der Waals surface area contributed by atoms with Gasteiger partial charge in [-0.05, 0) is 17.7 Å². The number of carbonyl (C=O) groups excluding carboxylic acids is 1. The number of hydrogen-bond acceptors (Lipinski definition) is 2. The summed E-state index contributed by atoms with van der Waals surface area (Å²) in [6.07, 6.45) is 2.81. The fraction of sp³-hybridized carbons (Fsp3) is 0.0769. The molecule has 4 heteroatoms. The van der Waals surface area contributed by atoms with Gasteiger partial charge in [0.05, 0.1) is 0 Å². The molecule has 1 aromatic heterocycles. The van der Waals surface area contributed by atoms with Gasteiger partial charge in [0, 0.05) is 24.2 Å². The second kappa shape index (κ2) is 5.12. The number of pyridine rings is 1. The average Bonchev–Trinajstić information content (AvgIpc) is 2.39. The lowest BCUT2D eigenvalue weighted by atomic mass is 10.2. The van der Waals surface area contributed by atoms with E-state index in [-0.39, 0.29) is 5.91 Å². The first kappa shape index (κ1) is 11.1. The summed E-state index contributed by atoms with van der Waals surface area (Å²) in [4.78, 5) is 11.7. The summed E-state index contributed by atoms with van der Waals surface area (Å²) in [5.74, 6) is -0.121. The van der Waals surface area contributed by atoms with Crippen LogP contribution < -0.4 is 10.0 Å². The molecule has 0 atom stereocenters. The third-order valence-corrected chi connectivity index (χ3v) is 2.36. The smallest absolute Gasteiger partial charge is 0.251 e. The summed E-state index contributed by atoms with van der Waals surface area (Å²) >= 11 is 0. The van der Waals surface area contributed by atoms with E-state index in [1.807, 2.05) is 18.2 Å². The van der Waals surface area contributed by atoms with Gasteiger partial charge >= 0.3 is 0 Å². The molecule has 4 nitrogen and oxygen atoms in total. The van der Waals surface area contributed by atoms with Gasteiger partial charge in [-0.25, -0.2) is 0 Å². The first-order valence-electron chi connectivity index (χ1n) is 5.26. The van der Waals surface area contributed by atoms with Crippen LogP contribution in [0.25, 0.3) is 0 Å².